The molecule has 108 valence electrons. The Morgan fingerprint density at radius 3 is 2.53 bits per heavy atom. The van der Waals surface area contributed by atoms with E-state index in [1.54, 1.807) is 13.8 Å². The fraction of sp³-hybridized carbons (Fsp3) is 0.462. The predicted molar refractivity (Wildman–Crippen MR) is 67.7 cm³/mol. The summed E-state index contributed by atoms with van der Waals surface area (Å²) in [5.74, 6) is 0. The van der Waals surface area contributed by atoms with Crippen molar-refractivity contribution in [2.24, 2.45) is 0 Å². The molecule has 0 heterocycles. The zero-order chi connectivity index (χ0) is 14.9. The number of alkyl carbamates (subject to hydrolysis) is 1. The van der Waals surface area contributed by atoms with E-state index in [0.29, 0.717) is 12.0 Å². The highest BCUT2D eigenvalue weighted by Crippen LogP contribution is 2.27. The summed E-state index contributed by atoms with van der Waals surface area (Å²) >= 11 is 0. The molecule has 1 N–H and O–H groups in total. The van der Waals surface area contributed by atoms with Gasteiger partial charge in [-0.15, -0.1) is 0 Å². The average molecular weight is 277 g/mol. The first-order valence-corrected chi connectivity index (χ1v) is 5.79. The van der Waals surface area contributed by atoms with Gasteiger partial charge in [0, 0.05) is 6.54 Å². The van der Waals surface area contributed by atoms with E-state index in [1.807, 2.05) is 0 Å². The maximum Gasteiger partial charge on any atom is 0.416 e. The molecule has 0 aromatic rings. The number of ether oxygens (including phenoxy) is 1. The van der Waals surface area contributed by atoms with Crippen LogP contribution in [0.2, 0.25) is 0 Å². The summed E-state index contributed by atoms with van der Waals surface area (Å²) in [6.07, 6.45) is -1.65. The van der Waals surface area contributed by atoms with E-state index in [0.717, 1.165) is 18.2 Å². The van der Waals surface area contributed by atoms with E-state index in [2.05, 4.69) is 16.6 Å². The molecule has 0 aliphatic heterocycles. The van der Waals surface area contributed by atoms with Crippen LogP contribution in [-0.4, -0.2) is 25.4 Å². The van der Waals surface area contributed by atoms with Gasteiger partial charge in [0.15, 0.2) is 0 Å². The summed E-state index contributed by atoms with van der Waals surface area (Å²) in [6, 6.07) is 0. The largest absolute Gasteiger partial charge is 0.450 e. The molecule has 19 heavy (non-hydrogen) atoms. The average Bonchev–Trinajstić information content (AvgIpc) is 2.27. The van der Waals surface area contributed by atoms with Crippen LogP contribution in [0.1, 0.15) is 20.3 Å². The Labute approximate surface area is 110 Å². The lowest BCUT2D eigenvalue weighted by molar-refractivity contribution is -0.0882. The van der Waals surface area contributed by atoms with E-state index in [9.17, 15) is 18.0 Å². The van der Waals surface area contributed by atoms with Gasteiger partial charge in [0.25, 0.3) is 0 Å². The first kappa shape index (κ1) is 17.3. The number of carbonyl (C=O) groups is 1. The van der Waals surface area contributed by atoms with Crippen LogP contribution in [0, 0.1) is 0 Å². The number of rotatable bonds is 6. The molecule has 0 aliphatic carbocycles. The van der Waals surface area contributed by atoms with Gasteiger partial charge in [-0.2, -0.15) is 13.2 Å². The molecule has 0 atom stereocenters. The van der Waals surface area contributed by atoms with Crippen LogP contribution < -0.4 is 5.32 Å². The van der Waals surface area contributed by atoms with Crippen molar-refractivity contribution >= 4 is 6.09 Å². The van der Waals surface area contributed by atoms with E-state index >= 15 is 0 Å². The summed E-state index contributed by atoms with van der Waals surface area (Å²) in [7, 11) is 0. The number of halogens is 3. The minimum Gasteiger partial charge on any atom is -0.450 e. The molecule has 0 saturated carbocycles. The molecule has 3 nitrogen and oxygen atoms in total. The number of hydrogen-bond acceptors (Lipinski definition) is 2. The van der Waals surface area contributed by atoms with Crippen LogP contribution in [0.15, 0.2) is 36.0 Å². The number of alkyl halides is 3. The summed E-state index contributed by atoms with van der Waals surface area (Å²) in [5.41, 5.74) is -0.265. The Balaban J connectivity index is 4.43. The first-order valence-electron chi connectivity index (χ1n) is 5.79. The molecule has 0 rings (SSSR count). The van der Waals surface area contributed by atoms with E-state index in [1.165, 1.54) is 0 Å². The molecule has 0 fully saturated rings. The van der Waals surface area contributed by atoms with E-state index in [4.69, 9.17) is 0 Å². The van der Waals surface area contributed by atoms with Crippen molar-refractivity contribution in [1.29, 1.82) is 0 Å². The van der Waals surface area contributed by atoms with Gasteiger partial charge in [-0.3, -0.25) is 0 Å². The van der Waals surface area contributed by atoms with Crippen LogP contribution in [-0.2, 0) is 4.74 Å². The molecule has 0 aromatic heterocycles. The van der Waals surface area contributed by atoms with Crippen molar-refractivity contribution < 1.29 is 22.7 Å². The van der Waals surface area contributed by atoms with Gasteiger partial charge in [0.2, 0.25) is 0 Å². The zero-order valence-electron chi connectivity index (χ0n) is 11.0. The molecule has 6 heteroatoms. The van der Waals surface area contributed by atoms with Gasteiger partial charge in [-0.05, 0) is 20.3 Å². The SMILES string of the molecule is C=C/C=C(\C=C(/C)CCNC(=O)OCC)C(F)(F)F. The fourth-order valence-electron chi connectivity index (χ4n) is 1.23. The standard InChI is InChI=1S/C13H18F3NO2/c1-4-6-11(13(14,15)16)9-10(3)7-8-17-12(18)19-5-2/h4,6,9H,1,5,7-8H2,2-3H3,(H,17,18)/b10-9+,11-6+. The van der Waals surface area contributed by atoms with Crippen molar-refractivity contribution in [2.45, 2.75) is 26.4 Å². The smallest absolute Gasteiger partial charge is 0.416 e. The summed E-state index contributed by atoms with van der Waals surface area (Å²) in [4.78, 5) is 11.0. The molecular formula is C13H18F3NO2. The monoisotopic (exact) mass is 277 g/mol. The normalized spacial score (nSPS) is 13.1. The third-order valence-corrected chi connectivity index (χ3v) is 2.09. The lowest BCUT2D eigenvalue weighted by atomic mass is 10.1. The number of amides is 1. The third-order valence-electron chi connectivity index (χ3n) is 2.09. The number of carbonyl (C=O) groups excluding carboxylic acids is 1. The second kappa shape index (κ2) is 8.39. The number of nitrogens with one attached hydrogen (secondary N) is 1. The molecule has 0 aromatic carbocycles. The Hall–Kier alpha value is -1.72. The Morgan fingerprint density at radius 2 is 2.05 bits per heavy atom. The van der Waals surface area contributed by atoms with Gasteiger partial charge in [-0.1, -0.05) is 30.4 Å². The van der Waals surface area contributed by atoms with Crippen molar-refractivity contribution in [3.05, 3.63) is 36.0 Å². The van der Waals surface area contributed by atoms with Crippen molar-refractivity contribution in [3.8, 4) is 0 Å². The summed E-state index contributed by atoms with van der Waals surface area (Å²) < 4.78 is 42.3. The van der Waals surface area contributed by atoms with Crippen molar-refractivity contribution in [1.82, 2.24) is 5.32 Å². The Bertz CT molecular complexity index is 371. The number of allylic oxidation sites excluding steroid dienone is 4. The Morgan fingerprint density at radius 1 is 1.42 bits per heavy atom. The lowest BCUT2D eigenvalue weighted by Gasteiger charge is -2.09. The molecular weight excluding hydrogens is 259 g/mol. The van der Waals surface area contributed by atoms with Crippen LogP contribution in [0.25, 0.3) is 0 Å². The van der Waals surface area contributed by atoms with Gasteiger partial charge in [0.1, 0.15) is 0 Å². The van der Waals surface area contributed by atoms with Gasteiger partial charge in [-0.25, -0.2) is 4.79 Å². The molecule has 0 spiro atoms. The van der Waals surface area contributed by atoms with Crippen molar-refractivity contribution in [2.75, 3.05) is 13.2 Å². The van der Waals surface area contributed by atoms with Crippen LogP contribution in [0.3, 0.4) is 0 Å². The Kier molecular flexibility index (Phi) is 7.63. The molecule has 0 saturated heterocycles. The zero-order valence-corrected chi connectivity index (χ0v) is 11.0. The fourth-order valence-corrected chi connectivity index (χ4v) is 1.23. The van der Waals surface area contributed by atoms with Crippen LogP contribution >= 0.6 is 0 Å². The molecule has 0 bridgehead atoms. The third kappa shape index (κ3) is 8.07. The van der Waals surface area contributed by atoms with Crippen molar-refractivity contribution in [3.63, 3.8) is 0 Å². The van der Waals surface area contributed by atoms with E-state index < -0.39 is 17.8 Å². The quantitative estimate of drug-likeness (QED) is 0.751. The second-order valence-electron chi connectivity index (χ2n) is 3.74. The minimum absolute atomic E-state index is 0.223. The summed E-state index contributed by atoms with van der Waals surface area (Å²) in [5, 5.41) is 2.44. The van der Waals surface area contributed by atoms with Gasteiger partial charge < -0.3 is 10.1 Å². The topological polar surface area (TPSA) is 38.3 Å². The highest BCUT2D eigenvalue weighted by Gasteiger charge is 2.31. The molecule has 0 radical (unpaired) electrons. The molecule has 0 aliphatic rings. The highest BCUT2D eigenvalue weighted by molar-refractivity contribution is 5.67. The van der Waals surface area contributed by atoms with Crippen LogP contribution in [0.4, 0.5) is 18.0 Å². The second-order valence-corrected chi connectivity index (χ2v) is 3.74. The number of hydrogen-bond donors (Lipinski definition) is 1. The highest BCUT2D eigenvalue weighted by atomic mass is 19.4. The van der Waals surface area contributed by atoms with E-state index in [-0.39, 0.29) is 13.2 Å². The minimum atomic E-state index is -4.41. The first-order chi connectivity index (χ1) is 8.81. The maximum absolute atomic E-state index is 12.6. The summed E-state index contributed by atoms with van der Waals surface area (Å²) in [6.45, 7) is 6.95. The molecule has 1 amide bonds. The molecule has 0 unspecified atom stereocenters. The van der Waals surface area contributed by atoms with Crippen LogP contribution in [0.5, 0.6) is 0 Å². The lowest BCUT2D eigenvalue weighted by Crippen LogP contribution is -2.25. The van der Waals surface area contributed by atoms with Gasteiger partial charge in [0.05, 0.1) is 12.2 Å². The van der Waals surface area contributed by atoms with Gasteiger partial charge >= 0.3 is 12.3 Å². The maximum atomic E-state index is 12.6. The predicted octanol–water partition coefficient (Wildman–Crippen LogP) is 3.74.